The number of nitrogens with two attached hydrogens (primary N) is 1. The third-order valence-corrected chi connectivity index (χ3v) is 7.47. The Balaban J connectivity index is 1.27. The van der Waals surface area contributed by atoms with E-state index in [1.54, 1.807) is 35.2 Å². The number of halogens is 1. The number of nitrogen functional groups attached to an aromatic ring is 1. The lowest BCUT2D eigenvalue weighted by Gasteiger charge is -2.29. The van der Waals surface area contributed by atoms with Crippen LogP contribution in [0.4, 0.5) is 5.82 Å². The second kappa shape index (κ2) is 9.01. The Morgan fingerprint density at radius 1 is 1.27 bits per heavy atom. The van der Waals surface area contributed by atoms with Crippen molar-refractivity contribution in [2.24, 2.45) is 0 Å². The number of aromatic nitrogens is 4. The Morgan fingerprint density at radius 2 is 2.12 bits per heavy atom. The number of phosphoric acid groups is 1. The number of aliphatic hydroxyl groups is 2. The minimum atomic E-state index is -3.93. The molecular weight excluding hydrogens is 521 g/mol. The van der Waals surface area contributed by atoms with Crippen molar-refractivity contribution >= 4 is 40.6 Å². The predicted molar refractivity (Wildman–Crippen MR) is 118 cm³/mol. The topological polar surface area (TPSA) is 164 Å². The van der Waals surface area contributed by atoms with Crippen molar-refractivity contribution in [2.45, 2.75) is 37.1 Å². The van der Waals surface area contributed by atoms with Gasteiger partial charge in [0.1, 0.15) is 40.7 Å². The number of aliphatic hydroxyl groups excluding tert-OH is 2. The number of hydrogen-bond donors (Lipinski definition) is 3. The minimum absolute atomic E-state index is 0.164. The lowest BCUT2D eigenvalue weighted by molar-refractivity contribution is -0.0576. The number of anilines is 1. The molecule has 4 N–H and O–H groups in total. The van der Waals surface area contributed by atoms with Gasteiger partial charge in [-0.05, 0) is 39.7 Å². The molecule has 14 heteroatoms. The highest BCUT2D eigenvalue weighted by Crippen LogP contribution is 2.57. The van der Waals surface area contributed by atoms with Gasteiger partial charge < -0.3 is 25.3 Å². The third kappa shape index (κ3) is 4.43. The van der Waals surface area contributed by atoms with E-state index < -0.39 is 38.5 Å². The summed E-state index contributed by atoms with van der Waals surface area (Å²) < 4.78 is 37.4. The van der Waals surface area contributed by atoms with E-state index in [1.807, 2.05) is 0 Å². The molecule has 0 aromatic carbocycles. The molecule has 2 fully saturated rings. The molecule has 0 spiro atoms. The second-order valence-corrected chi connectivity index (χ2v) is 10.1. The maximum atomic E-state index is 13.0. The molecule has 5 heterocycles. The van der Waals surface area contributed by atoms with Crippen LogP contribution in [0.25, 0.3) is 11.0 Å². The number of pyridine rings is 1. The quantitative estimate of drug-likeness (QED) is 0.320. The van der Waals surface area contributed by atoms with Crippen LogP contribution >= 0.6 is 23.8 Å². The van der Waals surface area contributed by atoms with E-state index in [1.165, 1.54) is 6.33 Å². The lowest BCUT2D eigenvalue weighted by atomic mass is 10.1. The largest absolute Gasteiger partial charge is 0.475 e. The van der Waals surface area contributed by atoms with Crippen LogP contribution in [0.15, 0.2) is 41.5 Å². The van der Waals surface area contributed by atoms with E-state index in [0.717, 1.165) is 5.56 Å². The van der Waals surface area contributed by atoms with E-state index in [0.29, 0.717) is 22.1 Å². The van der Waals surface area contributed by atoms with Gasteiger partial charge >= 0.3 is 7.82 Å². The normalized spacial score (nSPS) is 32.4. The fourth-order valence-corrected chi connectivity index (χ4v) is 5.66. The molecule has 176 valence electrons. The Kier molecular flexibility index (Phi) is 6.23. The summed E-state index contributed by atoms with van der Waals surface area (Å²) in [6.45, 7) is -0.160. The van der Waals surface area contributed by atoms with E-state index >= 15 is 0 Å². The van der Waals surface area contributed by atoms with Crippen LogP contribution in [-0.4, -0.2) is 61.3 Å². The number of fused-ring (bicyclic) bond motifs is 1. The number of hydrogen-bond acceptors (Lipinski definition) is 11. The molecular formula is C19H21BrN5O7P. The summed E-state index contributed by atoms with van der Waals surface area (Å²) in [5, 5.41) is 21.7. The van der Waals surface area contributed by atoms with Gasteiger partial charge in [-0.15, -0.1) is 0 Å². The monoisotopic (exact) mass is 541 g/mol. The molecule has 1 unspecified atom stereocenters. The first-order chi connectivity index (χ1) is 15.8. The highest BCUT2D eigenvalue weighted by atomic mass is 79.9. The van der Waals surface area contributed by atoms with Crippen molar-refractivity contribution < 1.29 is 33.1 Å². The van der Waals surface area contributed by atoms with Gasteiger partial charge in [0.05, 0.1) is 24.7 Å². The molecule has 2 saturated heterocycles. The van der Waals surface area contributed by atoms with Gasteiger partial charge in [-0.2, -0.15) is 0 Å². The van der Waals surface area contributed by atoms with Crippen molar-refractivity contribution in [3.05, 3.63) is 47.1 Å². The van der Waals surface area contributed by atoms with Gasteiger partial charge in [0.15, 0.2) is 6.23 Å². The smallest absolute Gasteiger partial charge is 0.387 e. The van der Waals surface area contributed by atoms with Crippen molar-refractivity contribution in [3.8, 4) is 0 Å². The first-order valence-corrected chi connectivity index (χ1v) is 12.4. The van der Waals surface area contributed by atoms with E-state index in [2.05, 4.69) is 30.9 Å². The maximum Gasteiger partial charge on any atom is 0.475 e. The Labute approximate surface area is 196 Å². The summed E-state index contributed by atoms with van der Waals surface area (Å²) in [4.78, 5) is 12.2. The zero-order valence-electron chi connectivity index (χ0n) is 17.1. The predicted octanol–water partition coefficient (Wildman–Crippen LogP) is 2.09. The average molecular weight is 542 g/mol. The van der Waals surface area contributed by atoms with Crippen molar-refractivity contribution in [1.29, 1.82) is 0 Å². The Hall–Kier alpha value is -1.96. The molecule has 3 aromatic rings. The number of ether oxygens (including phenoxy) is 1. The van der Waals surface area contributed by atoms with Crippen molar-refractivity contribution in [1.82, 2.24) is 19.5 Å². The molecule has 12 nitrogen and oxygen atoms in total. The molecule has 0 aliphatic carbocycles. The molecule has 0 bridgehead atoms. The summed E-state index contributed by atoms with van der Waals surface area (Å²) in [7, 11) is -3.93. The van der Waals surface area contributed by atoms with E-state index in [-0.39, 0.29) is 19.0 Å². The van der Waals surface area contributed by atoms with Crippen LogP contribution in [0.3, 0.4) is 0 Å². The Bertz CT molecular complexity index is 1210. The average Bonchev–Trinajstić information content (AvgIpc) is 3.35. The molecule has 2 aliphatic heterocycles. The van der Waals surface area contributed by atoms with Gasteiger partial charge in [0.25, 0.3) is 0 Å². The van der Waals surface area contributed by atoms with Crippen LogP contribution < -0.4 is 5.73 Å². The van der Waals surface area contributed by atoms with Gasteiger partial charge in [0, 0.05) is 18.8 Å². The lowest BCUT2D eigenvalue weighted by Crippen LogP contribution is -2.34. The SMILES string of the molecule is Nc1ncnc2c1ccn2[C@@H]1O[C@H](COP2(=O)OCC[C@@H](c3ccnc(Br)c3)O2)[C@@H](O)[C@H]1O. The first-order valence-electron chi connectivity index (χ1n) is 10.1. The molecule has 3 aromatic heterocycles. The molecule has 5 rings (SSSR count). The minimum Gasteiger partial charge on any atom is -0.387 e. The second-order valence-electron chi connectivity index (χ2n) is 7.64. The Morgan fingerprint density at radius 3 is 2.94 bits per heavy atom. The maximum absolute atomic E-state index is 13.0. The van der Waals surface area contributed by atoms with E-state index in [4.69, 9.17) is 24.0 Å². The molecule has 33 heavy (non-hydrogen) atoms. The fraction of sp³-hybridized carbons (Fsp3) is 0.421. The van der Waals surface area contributed by atoms with Crippen LogP contribution in [0, 0.1) is 0 Å². The molecule has 6 atom stereocenters. The molecule has 0 radical (unpaired) electrons. The zero-order chi connectivity index (χ0) is 23.2. The standard InChI is InChI=1S/C19H21BrN5O7P/c20-14-7-10(1-4-22-14)12-3-6-29-33(28,32-12)30-8-13-15(26)16(27)19(31-13)25-5-2-11-17(21)23-9-24-18(11)25/h1-2,4-5,7,9,12-13,15-16,19,26-27H,3,6,8H2,(H2,21,23,24)/t12-,13+,15+,16+,19+,33?/m0/s1. The summed E-state index contributed by atoms with van der Waals surface area (Å²) >= 11 is 3.30. The van der Waals surface area contributed by atoms with Crippen LogP contribution in [0.2, 0.25) is 0 Å². The van der Waals surface area contributed by atoms with Crippen LogP contribution in [0.1, 0.15) is 24.3 Å². The number of phosphoric ester groups is 1. The number of rotatable bonds is 5. The van der Waals surface area contributed by atoms with Crippen molar-refractivity contribution in [2.75, 3.05) is 18.9 Å². The van der Waals surface area contributed by atoms with E-state index in [9.17, 15) is 14.8 Å². The zero-order valence-corrected chi connectivity index (χ0v) is 19.6. The summed E-state index contributed by atoms with van der Waals surface area (Å²) in [5.74, 6) is 0.284. The van der Waals surface area contributed by atoms with Gasteiger partial charge in [-0.3, -0.25) is 13.6 Å². The fourth-order valence-electron chi connectivity index (χ4n) is 3.88. The van der Waals surface area contributed by atoms with Gasteiger partial charge in [-0.1, -0.05) is 0 Å². The highest BCUT2D eigenvalue weighted by Gasteiger charge is 2.46. The molecule has 0 amide bonds. The first kappa shape index (κ1) is 22.8. The molecule has 2 aliphatic rings. The van der Waals surface area contributed by atoms with Gasteiger partial charge in [-0.25, -0.2) is 19.5 Å². The highest BCUT2D eigenvalue weighted by molar-refractivity contribution is 9.10. The summed E-state index contributed by atoms with van der Waals surface area (Å²) in [6, 6.07) is 5.22. The summed E-state index contributed by atoms with van der Waals surface area (Å²) in [5.41, 5.74) is 7.08. The van der Waals surface area contributed by atoms with Crippen molar-refractivity contribution in [3.63, 3.8) is 0 Å². The van der Waals surface area contributed by atoms with Gasteiger partial charge in [0.2, 0.25) is 0 Å². The van der Waals surface area contributed by atoms with Crippen LogP contribution in [-0.2, 0) is 22.9 Å². The number of nitrogens with zero attached hydrogens (tertiary/aromatic N) is 4. The summed E-state index contributed by atoms with van der Waals surface area (Å²) in [6.07, 6.45) is -0.0347. The van der Waals surface area contributed by atoms with Crippen LogP contribution in [0.5, 0.6) is 0 Å². The molecule has 0 saturated carbocycles. The third-order valence-electron chi connectivity index (χ3n) is 5.56.